The highest BCUT2D eigenvalue weighted by molar-refractivity contribution is 5.80. The summed E-state index contributed by atoms with van der Waals surface area (Å²) in [5.41, 5.74) is 0.972. The topological polar surface area (TPSA) is 52.7 Å². The van der Waals surface area contributed by atoms with Gasteiger partial charge in [0.05, 0.1) is 6.54 Å². The molecule has 5 nitrogen and oxygen atoms in total. The number of hydrogen-bond acceptors (Lipinski definition) is 3. The van der Waals surface area contributed by atoms with Crippen LogP contribution >= 0.6 is 0 Å². The second-order valence-electron chi connectivity index (χ2n) is 10.0. The maximum absolute atomic E-state index is 13.3. The average molecular weight is 446 g/mol. The molecule has 1 atom stereocenters. The van der Waals surface area contributed by atoms with Crippen molar-refractivity contribution < 1.29 is 14.0 Å². The second kappa shape index (κ2) is 11.8. The van der Waals surface area contributed by atoms with Crippen molar-refractivity contribution in [1.29, 1.82) is 0 Å². The number of nitrogens with one attached hydrogen (secondary N) is 1. The van der Waals surface area contributed by atoms with Gasteiger partial charge in [0, 0.05) is 24.5 Å². The predicted octanol–water partition coefficient (Wildman–Crippen LogP) is 4.36. The van der Waals surface area contributed by atoms with E-state index in [1.807, 2.05) is 4.90 Å². The maximum Gasteiger partial charge on any atom is 0.237 e. The van der Waals surface area contributed by atoms with E-state index < -0.39 is 0 Å². The van der Waals surface area contributed by atoms with Crippen molar-refractivity contribution >= 4 is 11.8 Å². The summed E-state index contributed by atoms with van der Waals surface area (Å²) in [6, 6.07) is 6.94. The van der Waals surface area contributed by atoms with Crippen LogP contribution in [0.2, 0.25) is 0 Å². The van der Waals surface area contributed by atoms with E-state index in [2.05, 4.69) is 31.0 Å². The molecule has 3 rings (SSSR count). The molecule has 1 aliphatic heterocycles. The average Bonchev–Trinajstić information content (AvgIpc) is 2.79. The third-order valence-electron chi connectivity index (χ3n) is 7.29. The van der Waals surface area contributed by atoms with Crippen molar-refractivity contribution in [2.75, 3.05) is 19.6 Å². The van der Waals surface area contributed by atoms with Crippen LogP contribution in [0.5, 0.6) is 0 Å². The van der Waals surface area contributed by atoms with E-state index in [0.29, 0.717) is 19.0 Å². The quantitative estimate of drug-likeness (QED) is 0.647. The molecular weight excluding hydrogens is 405 g/mol. The molecule has 1 aromatic carbocycles. The van der Waals surface area contributed by atoms with Crippen LogP contribution in [-0.4, -0.2) is 53.3 Å². The molecule has 1 saturated carbocycles. The van der Waals surface area contributed by atoms with Crippen LogP contribution in [0.4, 0.5) is 4.39 Å². The number of halogens is 1. The van der Waals surface area contributed by atoms with Crippen molar-refractivity contribution in [2.24, 2.45) is 11.8 Å². The number of rotatable bonds is 8. The van der Waals surface area contributed by atoms with Gasteiger partial charge in [-0.2, -0.15) is 0 Å². The number of nitrogens with zero attached hydrogens (tertiary/aromatic N) is 2. The highest BCUT2D eigenvalue weighted by atomic mass is 19.1. The molecule has 32 heavy (non-hydrogen) atoms. The molecule has 1 saturated heterocycles. The van der Waals surface area contributed by atoms with Gasteiger partial charge in [-0.05, 0) is 69.3 Å². The van der Waals surface area contributed by atoms with Crippen molar-refractivity contribution in [2.45, 2.75) is 84.3 Å². The van der Waals surface area contributed by atoms with Crippen molar-refractivity contribution in [3.8, 4) is 0 Å². The minimum absolute atomic E-state index is 0.0382. The van der Waals surface area contributed by atoms with Gasteiger partial charge in [-0.1, -0.05) is 45.2 Å². The Morgan fingerprint density at radius 2 is 1.66 bits per heavy atom. The second-order valence-corrected chi connectivity index (χ2v) is 10.0. The first kappa shape index (κ1) is 24.7. The molecule has 178 valence electrons. The molecular formula is C26H40FN3O2. The maximum atomic E-state index is 13.3. The third kappa shape index (κ3) is 7.03. The summed E-state index contributed by atoms with van der Waals surface area (Å²) < 4.78 is 13.3. The van der Waals surface area contributed by atoms with Crippen molar-refractivity contribution in [3.05, 3.63) is 35.6 Å². The number of piperidine rings is 1. The Bertz CT molecular complexity index is 738. The molecule has 6 heteroatoms. The van der Waals surface area contributed by atoms with E-state index in [-0.39, 0.29) is 35.6 Å². The minimum Gasteiger partial charge on any atom is -0.353 e. The zero-order valence-corrected chi connectivity index (χ0v) is 20.0. The first-order valence-corrected chi connectivity index (χ1v) is 12.4. The monoisotopic (exact) mass is 445 g/mol. The lowest BCUT2D eigenvalue weighted by Gasteiger charge is -2.37. The fourth-order valence-electron chi connectivity index (χ4n) is 4.74. The number of carbonyl (C=O) groups is 2. The standard InChI is InChI=1S/C26H40FN3O2/c1-19(2)20(3)28-26(32)22-13-15-29(16-14-22)18-25(31)30(24-7-5-4-6-8-24)17-21-9-11-23(27)12-10-21/h9-12,19-20,22,24H,4-8,13-18H2,1-3H3,(H,28,32). The molecule has 1 unspecified atom stereocenters. The van der Waals surface area contributed by atoms with Crippen LogP contribution in [0.15, 0.2) is 24.3 Å². The zero-order chi connectivity index (χ0) is 23.1. The van der Waals surface area contributed by atoms with Gasteiger partial charge in [-0.25, -0.2) is 4.39 Å². The molecule has 2 fully saturated rings. The molecule has 2 amide bonds. The van der Waals surface area contributed by atoms with Gasteiger partial charge in [0.25, 0.3) is 0 Å². The molecule has 1 aromatic rings. The molecule has 0 bridgehead atoms. The van der Waals surface area contributed by atoms with Crippen LogP contribution in [0.3, 0.4) is 0 Å². The molecule has 1 heterocycles. The van der Waals surface area contributed by atoms with E-state index >= 15 is 0 Å². The molecule has 0 radical (unpaired) electrons. The Kier molecular flexibility index (Phi) is 9.09. The fraction of sp³-hybridized carbons (Fsp3) is 0.692. The fourth-order valence-corrected chi connectivity index (χ4v) is 4.74. The summed E-state index contributed by atoms with van der Waals surface area (Å²) in [6.07, 6.45) is 7.24. The van der Waals surface area contributed by atoms with E-state index in [9.17, 15) is 14.0 Å². The summed E-state index contributed by atoms with van der Waals surface area (Å²) >= 11 is 0. The number of amides is 2. The first-order valence-electron chi connectivity index (χ1n) is 12.4. The summed E-state index contributed by atoms with van der Waals surface area (Å²) in [6.45, 7) is 8.76. The van der Waals surface area contributed by atoms with Crippen LogP contribution < -0.4 is 5.32 Å². The van der Waals surface area contributed by atoms with Gasteiger partial charge in [0.15, 0.2) is 0 Å². The number of carbonyl (C=O) groups excluding carboxylic acids is 2. The molecule has 1 aliphatic carbocycles. The Balaban J connectivity index is 1.55. The normalized spacial score (nSPS) is 19.7. The van der Waals surface area contributed by atoms with Crippen LogP contribution in [0.25, 0.3) is 0 Å². The van der Waals surface area contributed by atoms with Crippen molar-refractivity contribution in [1.82, 2.24) is 15.1 Å². The summed E-state index contributed by atoms with van der Waals surface area (Å²) in [4.78, 5) is 30.1. The van der Waals surface area contributed by atoms with E-state index in [1.165, 1.54) is 18.6 Å². The minimum atomic E-state index is -0.251. The van der Waals surface area contributed by atoms with Gasteiger partial charge < -0.3 is 10.2 Å². The van der Waals surface area contributed by atoms with Crippen LogP contribution in [0.1, 0.15) is 71.3 Å². The molecule has 0 aromatic heterocycles. The lowest BCUT2D eigenvalue weighted by molar-refractivity contribution is -0.136. The lowest BCUT2D eigenvalue weighted by atomic mass is 9.93. The third-order valence-corrected chi connectivity index (χ3v) is 7.29. The number of benzene rings is 1. The van der Waals surface area contributed by atoms with E-state index in [4.69, 9.17) is 0 Å². The first-order chi connectivity index (χ1) is 15.3. The van der Waals surface area contributed by atoms with E-state index in [1.54, 1.807) is 12.1 Å². The Morgan fingerprint density at radius 1 is 1.03 bits per heavy atom. The van der Waals surface area contributed by atoms with Gasteiger partial charge in [0.2, 0.25) is 11.8 Å². The van der Waals surface area contributed by atoms with Crippen molar-refractivity contribution in [3.63, 3.8) is 0 Å². The van der Waals surface area contributed by atoms with Gasteiger partial charge >= 0.3 is 0 Å². The zero-order valence-electron chi connectivity index (χ0n) is 20.0. The SMILES string of the molecule is CC(C)C(C)NC(=O)C1CCN(CC(=O)N(Cc2ccc(F)cc2)C2CCCCC2)CC1. The highest BCUT2D eigenvalue weighted by Crippen LogP contribution is 2.25. The molecule has 0 spiro atoms. The number of likely N-dealkylation sites (tertiary alicyclic amines) is 1. The van der Waals surface area contributed by atoms with E-state index in [0.717, 1.165) is 57.2 Å². The Hall–Kier alpha value is -1.95. The summed E-state index contributed by atoms with van der Waals surface area (Å²) in [7, 11) is 0. The van der Waals surface area contributed by atoms with Gasteiger partial charge in [-0.15, -0.1) is 0 Å². The molecule has 2 aliphatic rings. The number of hydrogen-bond donors (Lipinski definition) is 1. The predicted molar refractivity (Wildman–Crippen MR) is 125 cm³/mol. The highest BCUT2D eigenvalue weighted by Gasteiger charge is 2.30. The Morgan fingerprint density at radius 3 is 2.25 bits per heavy atom. The van der Waals surface area contributed by atoms with Gasteiger partial charge in [-0.3, -0.25) is 14.5 Å². The lowest BCUT2D eigenvalue weighted by Crippen LogP contribution is -2.49. The largest absolute Gasteiger partial charge is 0.353 e. The Labute approximate surface area is 192 Å². The molecule has 1 N–H and O–H groups in total. The smallest absolute Gasteiger partial charge is 0.237 e. The summed E-state index contributed by atoms with van der Waals surface area (Å²) in [5, 5.41) is 3.14. The van der Waals surface area contributed by atoms with Crippen LogP contribution in [-0.2, 0) is 16.1 Å². The van der Waals surface area contributed by atoms with Gasteiger partial charge in [0.1, 0.15) is 5.82 Å². The van der Waals surface area contributed by atoms with Crippen LogP contribution in [0, 0.1) is 17.7 Å². The summed E-state index contributed by atoms with van der Waals surface area (Å²) in [5.74, 6) is 0.508.